The molecule has 1 N–H and O–H groups in total. The van der Waals surface area contributed by atoms with Crippen LogP contribution in [0.3, 0.4) is 0 Å². The lowest BCUT2D eigenvalue weighted by Gasteiger charge is -2.12. The summed E-state index contributed by atoms with van der Waals surface area (Å²) in [7, 11) is 0. The van der Waals surface area contributed by atoms with Gasteiger partial charge in [-0.1, -0.05) is 23.8 Å². The highest BCUT2D eigenvalue weighted by Crippen LogP contribution is 2.13. The number of carbonyl (C=O) groups is 1. The molecule has 5 heteroatoms. The maximum Gasteiger partial charge on any atom is 0.280 e. The van der Waals surface area contributed by atoms with Crippen molar-refractivity contribution in [1.29, 1.82) is 0 Å². The van der Waals surface area contributed by atoms with Crippen molar-refractivity contribution >= 4 is 12.1 Å². The van der Waals surface area contributed by atoms with E-state index in [1.54, 1.807) is 19.2 Å². The number of aryl methyl sites for hydroxylation is 1. The molecule has 0 spiro atoms. The Morgan fingerprint density at radius 2 is 2.05 bits per heavy atom. The fourth-order valence-corrected chi connectivity index (χ4v) is 1.58. The number of nitrogens with one attached hydrogen (secondary N) is 1. The third-order valence-corrected chi connectivity index (χ3v) is 2.76. The Morgan fingerprint density at radius 1 is 1.29 bits per heavy atom. The number of carbonyl (C=O) groups excluding carboxylic acids is 1. The van der Waals surface area contributed by atoms with Crippen molar-refractivity contribution in [2.45, 2.75) is 20.0 Å². The van der Waals surface area contributed by atoms with Crippen molar-refractivity contribution in [2.24, 2.45) is 5.10 Å². The highest BCUT2D eigenvalue weighted by atomic mass is 16.5. The van der Waals surface area contributed by atoms with E-state index in [9.17, 15) is 4.79 Å². The van der Waals surface area contributed by atoms with Crippen LogP contribution in [0.15, 0.2) is 53.8 Å². The number of amides is 1. The smallest absolute Gasteiger partial charge is 0.280 e. The largest absolute Gasteiger partial charge is 0.481 e. The number of benzene rings is 1. The summed E-state index contributed by atoms with van der Waals surface area (Å²) in [5.41, 5.74) is 4.24. The number of rotatable bonds is 5. The van der Waals surface area contributed by atoms with Gasteiger partial charge in [0.15, 0.2) is 6.10 Å². The van der Waals surface area contributed by atoms with Crippen LogP contribution >= 0.6 is 0 Å². The fourth-order valence-electron chi connectivity index (χ4n) is 1.58. The number of ether oxygens (including phenoxy) is 1. The van der Waals surface area contributed by atoms with Crippen LogP contribution in [0, 0.1) is 6.92 Å². The van der Waals surface area contributed by atoms with Gasteiger partial charge in [-0.3, -0.25) is 9.78 Å². The molecule has 0 saturated carbocycles. The molecule has 0 radical (unpaired) electrons. The van der Waals surface area contributed by atoms with E-state index in [0.717, 1.165) is 5.56 Å². The zero-order valence-corrected chi connectivity index (χ0v) is 12.0. The van der Waals surface area contributed by atoms with Crippen molar-refractivity contribution in [2.75, 3.05) is 0 Å². The Hall–Kier alpha value is -2.69. The van der Waals surface area contributed by atoms with Crippen LogP contribution < -0.4 is 10.2 Å². The predicted molar refractivity (Wildman–Crippen MR) is 81.2 cm³/mol. The van der Waals surface area contributed by atoms with Crippen LogP contribution in [0.1, 0.15) is 18.2 Å². The first kappa shape index (κ1) is 14.7. The van der Waals surface area contributed by atoms with Crippen LogP contribution in [0.2, 0.25) is 0 Å². The first-order valence-corrected chi connectivity index (χ1v) is 6.62. The van der Waals surface area contributed by atoms with E-state index in [4.69, 9.17) is 4.74 Å². The van der Waals surface area contributed by atoms with Gasteiger partial charge in [-0.25, -0.2) is 5.43 Å². The van der Waals surface area contributed by atoms with E-state index in [1.165, 1.54) is 6.21 Å². The molecule has 2 aromatic rings. The zero-order chi connectivity index (χ0) is 15.1. The molecule has 1 heterocycles. The van der Waals surface area contributed by atoms with Crippen LogP contribution in [0.5, 0.6) is 5.75 Å². The van der Waals surface area contributed by atoms with Gasteiger partial charge in [0.05, 0.1) is 11.9 Å². The standard InChI is InChI=1S/C16H17N3O2/c1-12-6-8-15(9-7-12)21-13(2)16(20)19-18-11-14-5-3-4-10-17-14/h3-11,13H,1-2H3,(H,19,20)/t13-/m1/s1. The molecule has 0 aliphatic heterocycles. The highest BCUT2D eigenvalue weighted by molar-refractivity contribution is 5.83. The summed E-state index contributed by atoms with van der Waals surface area (Å²) in [5, 5.41) is 3.85. The summed E-state index contributed by atoms with van der Waals surface area (Å²) in [6.45, 7) is 3.66. The normalized spacial score (nSPS) is 12.1. The van der Waals surface area contributed by atoms with Gasteiger partial charge in [-0.05, 0) is 38.1 Å². The van der Waals surface area contributed by atoms with Gasteiger partial charge < -0.3 is 4.74 Å². The molecule has 1 aromatic carbocycles. The lowest BCUT2D eigenvalue weighted by atomic mass is 10.2. The average molecular weight is 283 g/mol. The molecule has 0 aliphatic carbocycles. The highest BCUT2D eigenvalue weighted by Gasteiger charge is 2.13. The monoisotopic (exact) mass is 283 g/mol. The summed E-state index contributed by atoms with van der Waals surface area (Å²) in [6, 6.07) is 13.0. The van der Waals surface area contributed by atoms with E-state index in [0.29, 0.717) is 11.4 Å². The Labute approximate surface area is 123 Å². The van der Waals surface area contributed by atoms with Gasteiger partial charge >= 0.3 is 0 Å². The quantitative estimate of drug-likeness (QED) is 0.676. The third kappa shape index (κ3) is 4.72. The molecular weight excluding hydrogens is 266 g/mol. The maximum atomic E-state index is 11.8. The zero-order valence-electron chi connectivity index (χ0n) is 12.0. The molecule has 2 rings (SSSR count). The second-order valence-corrected chi connectivity index (χ2v) is 4.56. The Balaban J connectivity index is 1.85. The topological polar surface area (TPSA) is 63.6 Å². The first-order chi connectivity index (χ1) is 10.1. The van der Waals surface area contributed by atoms with E-state index in [-0.39, 0.29) is 5.91 Å². The van der Waals surface area contributed by atoms with Crippen molar-refractivity contribution in [3.8, 4) is 5.75 Å². The van der Waals surface area contributed by atoms with Gasteiger partial charge in [0.1, 0.15) is 5.75 Å². The molecule has 0 saturated heterocycles. The summed E-state index contributed by atoms with van der Waals surface area (Å²) >= 11 is 0. The molecule has 5 nitrogen and oxygen atoms in total. The summed E-state index contributed by atoms with van der Waals surface area (Å²) in [6.07, 6.45) is 2.51. The molecule has 1 aromatic heterocycles. The van der Waals surface area contributed by atoms with Crippen molar-refractivity contribution in [3.63, 3.8) is 0 Å². The van der Waals surface area contributed by atoms with E-state index >= 15 is 0 Å². The number of aromatic nitrogens is 1. The van der Waals surface area contributed by atoms with Gasteiger partial charge in [0.25, 0.3) is 5.91 Å². The van der Waals surface area contributed by atoms with E-state index in [1.807, 2.05) is 43.3 Å². The second kappa shape index (κ2) is 7.19. The summed E-state index contributed by atoms with van der Waals surface area (Å²) < 4.78 is 5.53. The Bertz CT molecular complexity index is 609. The van der Waals surface area contributed by atoms with Gasteiger partial charge in [-0.2, -0.15) is 5.10 Å². The van der Waals surface area contributed by atoms with Crippen LogP contribution in [-0.4, -0.2) is 23.2 Å². The SMILES string of the molecule is Cc1ccc(O[C@H](C)C(=O)NN=Cc2ccccn2)cc1. The summed E-state index contributed by atoms with van der Waals surface area (Å²) in [5.74, 6) is 0.333. The lowest BCUT2D eigenvalue weighted by molar-refractivity contribution is -0.127. The van der Waals surface area contributed by atoms with Crippen molar-refractivity contribution in [3.05, 3.63) is 59.9 Å². The molecule has 0 bridgehead atoms. The van der Waals surface area contributed by atoms with Gasteiger partial charge in [-0.15, -0.1) is 0 Å². The average Bonchev–Trinajstić information content (AvgIpc) is 2.50. The predicted octanol–water partition coefficient (Wildman–Crippen LogP) is 2.31. The molecule has 21 heavy (non-hydrogen) atoms. The van der Waals surface area contributed by atoms with Gasteiger partial charge in [0, 0.05) is 6.20 Å². The lowest BCUT2D eigenvalue weighted by Crippen LogP contribution is -2.33. The number of hydrazone groups is 1. The minimum atomic E-state index is -0.631. The molecule has 108 valence electrons. The van der Waals surface area contributed by atoms with Crippen LogP contribution in [0.25, 0.3) is 0 Å². The number of nitrogens with zero attached hydrogens (tertiary/aromatic N) is 2. The Kier molecular flexibility index (Phi) is 5.04. The minimum Gasteiger partial charge on any atom is -0.481 e. The Morgan fingerprint density at radius 3 is 2.71 bits per heavy atom. The number of pyridine rings is 1. The molecular formula is C16H17N3O2. The van der Waals surface area contributed by atoms with E-state index < -0.39 is 6.10 Å². The van der Waals surface area contributed by atoms with E-state index in [2.05, 4.69) is 15.5 Å². The fraction of sp³-hybridized carbons (Fsp3) is 0.188. The molecule has 0 fully saturated rings. The van der Waals surface area contributed by atoms with Gasteiger partial charge in [0.2, 0.25) is 0 Å². The molecule has 0 aliphatic rings. The van der Waals surface area contributed by atoms with Crippen molar-refractivity contribution in [1.82, 2.24) is 10.4 Å². The number of hydrogen-bond acceptors (Lipinski definition) is 4. The number of hydrogen-bond donors (Lipinski definition) is 1. The summed E-state index contributed by atoms with van der Waals surface area (Å²) in [4.78, 5) is 15.9. The molecule has 0 unspecified atom stereocenters. The third-order valence-electron chi connectivity index (χ3n) is 2.76. The minimum absolute atomic E-state index is 0.317. The first-order valence-electron chi connectivity index (χ1n) is 6.62. The molecule has 1 amide bonds. The second-order valence-electron chi connectivity index (χ2n) is 4.56. The van der Waals surface area contributed by atoms with Crippen molar-refractivity contribution < 1.29 is 9.53 Å². The van der Waals surface area contributed by atoms with Crippen LogP contribution in [-0.2, 0) is 4.79 Å². The molecule has 1 atom stereocenters. The van der Waals surface area contributed by atoms with Crippen LogP contribution in [0.4, 0.5) is 0 Å². The maximum absolute atomic E-state index is 11.8.